The Morgan fingerprint density at radius 2 is 1.59 bits per heavy atom. The number of amides is 3. The summed E-state index contributed by atoms with van der Waals surface area (Å²) in [6.07, 6.45) is 1.50. The lowest BCUT2D eigenvalue weighted by Crippen LogP contribution is -2.36. The topological polar surface area (TPSA) is 75.7 Å². The molecule has 1 heterocycles. The van der Waals surface area contributed by atoms with Crippen molar-refractivity contribution in [2.24, 2.45) is 0 Å². The predicted octanol–water partition coefficient (Wildman–Crippen LogP) is 8.05. The number of hydrogen-bond donors (Lipinski definition) is 1. The molecule has 0 aliphatic carbocycles. The summed E-state index contributed by atoms with van der Waals surface area (Å²) in [5.41, 5.74) is 1.88. The number of carbonyl (C=O) groups is 3. The van der Waals surface area contributed by atoms with Crippen LogP contribution in [-0.4, -0.2) is 28.5 Å². The fraction of sp³-hybridized carbons (Fsp3) is 0.0690. The second-order valence-electron chi connectivity index (χ2n) is 8.54. The van der Waals surface area contributed by atoms with Crippen LogP contribution in [0.1, 0.15) is 11.1 Å². The van der Waals surface area contributed by atoms with Crippen molar-refractivity contribution < 1.29 is 19.1 Å². The molecule has 10 heteroatoms. The zero-order valence-corrected chi connectivity index (χ0v) is 23.2. The van der Waals surface area contributed by atoms with Crippen molar-refractivity contribution in [3.8, 4) is 5.75 Å². The minimum absolute atomic E-state index is 0.141. The zero-order chi connectivity index (χ0) is 27.5. The summed E-state index contributed by atoms with van der Waals surface area (Å²) in [6, 6.07) is 23.8. The van der Waals surface area contributed by atoms with Crippen LogP contribution in [0, 0.1) is 0 Å². The van der Waals surface area contributed by atoms with Gasteiger partial charge in [-0.2, -0.15) is 0 Å². The molecule has 39 heavy (non-hydrogen) atoms. The lowest BCUT2D eigenvalue weighted by molar-refractivity contribution is -0.127. The van der Waals surface area contributed by atoms with Gasteiger partial charge in [-0.15, -0.1) is 0 Å². The number of para-hydroxylation sites is 1. The number of nitrogens with zero attached hydrogens (tertiary/aromatic N) is 1. The van der Waals surface area contributed by atoms with E-state index in [1.807, 2.05) is 42.5 Å². The summed E-state index contributed by atoms with van der Waals surface area (Å²) in [4.78, 5) is 38.8. The van der Waals surface area contributed by atoms with E-state index in [-0.39, 0.29) is 21.6 Å². The van der Waals surface area contributed by atoms with Crippen molar-refractivity contribution in [1.82, 2.24) is 4.90 Å². The monoisotopic (exact) mass is 596 g/mol. The Morgan fingerprint density at radius 1 is 0.897 bits per heavy atom. The summed E-state index contributed by atoms with van der Waals surface area (Å²) >= 11 is 19.8. The Hall–Kier alpha value is -3.49. The number of thioether (sulfide) groups is 1. The molecule has 3 amide bonds. The molecule has 5 rings (SSSR count). The van der Waals surface area contributed by atoms with Gasteiger partial charge in [-0.1, -0.05) is 89.4 Å². The molecule has 1 saturated heterocycles. The Morgan fingerprint density at radius 3 is 2.36 bits per heavy atom. The van der Waals surface area contributed by atoms with Crippen LogP contribution in [0.15, 0.2) is 83.8 Å². The van der Waals surface area contributed by atoms with Crippen molar-refractivity contribution in [3.63, 3.8) is 0 Å². The number of benzene rings is 4. The van der Waals surface area contributed by atoms with E-state index in [9.17, 15) is 14.4 Å². The number of ether oxygens (including phenoxy) is 1. The van der Waals surface area contributed by atoms with Crippen LogP contribution in [0.2, 0.25) is 15.1 Å². The molecule has 0 atom stereocenters. The minimum Gasteiger partial charge on any atom is -0.486 e. The van der Waals surface area contributed by atoms with E-state index in [1.165, 1.54) is 6.08 Å². The van der Waals surface area contributed by atoms with Crippen molar-refractivity contribution in [3.05, 3.63) is 110 Å². The minimum atomic E-state index is -0.595. The zero-order valence-electron chi connectivity index (χ0n) is 20.1. The number of imide groups is 1. The molecule has 4 aromatic carbocycles. The lowest BCUT2D eigenvalue weighted by atomic mass is 10.1. The molecule has 0 bridgehead atoms. The smallest absolute Gasteiger partial charge is 0.294 e. The third-order valence-electron chi connectivity index (χ3n) is 5.89. The van der Waals surface area contributed by atoms with Gasteiger partial charge in [0, 0.05) is 0 Å². The van der Waals surface area contributed by atoms with E-state index in [2.05, 4.69) is 5.32 Å². The standard InChI is InChI=1S/C29H19Cl3N2O4S/c30-21-10-3-4-11-24(21)33-26(35)15-34-28(36)25(39-29(34)37)14-17-12-22(31)27(23(32)13-17)38-16-19-8-5-7-18-6-1-2-9-20(18)19/h1-14H,15-16H2,(H,33,35)/b25-14+. The van der Waals surface area contributed by atoms with Gasteiger partial charge in [0.1, 0.15) is 13.2 Å². The maximum Gasteiger partial charge on any atom is 0.294 e. The highest BCUT2D eigenvalue weighted by Crippen LogP contribution is 2.38. The number of rotatable bonds is 7. The van der Waals surface area contributed by atoms with Crippen LogP contribution in [0.3, 0.4) is 0 Å². The van der Waals surface area contributed by atoms with E-state index in [0.29, 0.717) is 22.0 Å². The molecular weight excluding hydrogens is 579 g/mol. The van der Waals surface area contributed by atoms with E-state index < -0.39 is 23.6 Å². The Bertz CT molecular complexity index is 1630. The number of nitrogens with one attached hydrogen (secondary N) is 1. The first-order valence-corrected chi connectivity index (χ1v) is 13.6. The van der Waals surface area contributed by atoms with E-state index in [0.717, 1.165) is 33.0 Å². The van der Waals surface area contributed by atoms with Gasteiger partial charge in [0.15, 0.2) is 5.75 Å². The fourth-order valence-electron chi connectivity index (χ4n) is 4.05. The summed E-state index contributed by atoms with van der Waals surface area (Å²) in [7, 11) is 0. The van der Waals surface area contributed by atoms with Gasteiger partial charge in [0.05, 0.1) is 25.7 Å². The summed E-state index contributed by atoms with van der Waals surface area (Å²) < 4.78 is 5.97. The number of anilines is 1. The van der Waals surface area contributed by atoms with Crippen molar-refractivity contribution >= 4 is 86.2 Å². The van der Waals surface area contributed by atoms with E-state index in [1.54, 1.807) is 36.4 Å². The van der Waals surface area contributed by atoms with Gasteiger partial charge in [0.2, 0.25) is 5.91 Å². The van der Waals surface area contributed by atoms with E-state index in [4.69, 9.17) is 39.5 Å². The highest BCUT2D eigenvalue weighted by Gasteiger charge is 2.36. The molecule has 0 aromatic heterocycles. The molecule has 4 aromatic rings. The van der Waals surface area contributed by atoms with Crippen LogP contribution < -0.4 is 10.1 Å². The number of carbonyl (C=O) groups excluding carboxylic acids is 3. The normalized spacial score (nSPS) is 14.3. The fourth-order valence-corrected chi connectivity index (χ4v) is 5.69. The quantitative estimate of drug-likeness (QED) is 0.218. The molecule has 6 nitrogen and oxygen atoms in total. The lowest BCUT2D eigenvalue weighted by Gasteiger charge is -2.13. The Kier molecular flexibility index (Phi) is 8.14. The third-order valence-corrected chi connectivity index (χ3v) is 7.69. The number of hydrogen-bond acceptors (Lipinski definition) is 5. The molecule has 1 aliphatic heterocycles. The molecule has 0 radical (unpaired) electrons. The first-order chi connectivity index (χ1) is 18.8. The van der Waals surface area contributed by atoms with Crippen LogP contribution in [0.5, 0.6) is 5.75 Å². The number of fused-ring (bicyclic) bond motifs is 1. The van der Waals surface area contributed by atoms with Gasteiger partial charge < -0.3 is 10.1 Å². The van der Waals surface area contributed by atoms with Crippen LogP contribution in [0.4, 0.5) is 10.5 Å². The average Bonchev–Trinajstić information content (AvgIpc) is 3.16. The van der Waals surface area contributed by atoms with Gasteiger partial charge in [-0.05, 0) is 64.0 Å². The van der Waals surface area contributed by atoms with E-state index >= 15 is 0 Å². The second-order valence-corrected chi connectivity index (χ2v) is 10.8. The maximum absolute atomic E-state index is 12.9. The van der Waals surface area contributed by atoms with Gasteiger partial charge in [0.25, 0.3) is 11.1 Å². The predicted molar refractivity (Wildman–Crippen MR) is 158 cm³/mol. The molecular formula is C29H19Cl3N2O4S. The van der Waals surface area contributed by atoms with Crippen molar-refractivity contribution in [2.45, 2.75) is 6.61 Å². The molecule has 0 unspecified atom stereocenters. The largest absolute Gasteiger partial charge is 0.486 e. The van der Waals surface area contributed by atoms with Crippen LogP contribution >= 0.6 is 46.6 Å². The third kappa shape index (κ3) is 6.07. The van der Waals surface area contributed by atoms with Gasteiger partial charge >= 0.3 is 0 Å². The van der Waals surface area contributed by atoms with Crippen molar-refractivity contribution in [2.75, 3.05) is 11.9 Å². The van der Waals surface area contributed by atoms with Gasteiger partial charge in [-0.25, -0.2) is 0 Å². The SMILES string of the molecule is O=C(CN1C(=O)S/C(=C/c2cc(Cl)c(OCc3cccc4ccccc34)c(Cl)c2)C1=O)Nc1ccccc1Cl. The molecule has 1 fully saturated rings. The molecule has 196 valence electrons. The van der Waals surface area contributed by atoms with Crippen LogP contribution in [0.25, 0.3) is 16.8 Å². The second kappa shape index (κ2) is 11.7. The Labute approximate surface area is 243 Å². The van der Waals surface area contributed by atoms with Crippen LogP contribution in [-0.2, 0) is 16.2 Å². The molecule has 1 N–H and O–H groups in total. The Balaban J connectivity index is 1.28. The first-order valence-electron chi connectivity index (χ1n) is 11.7. The first kappa shape index (κ1) is 27.1. The summed E-state index contributed by atoms with van der Waals surface area (Å²) in [5, 5.41) is 5.07. The molecule has 0 saturated carbocycles. The van der Waals surface area contributed by atoms with Crippen molar-refractivity contribution in [1.29, 1.82) is 0 Å². The molecule has 0 spiro atoms. The summed E-state index contributed by atoms with van der Waals surface area (Å²) in [5.74, 6) is -0.832. The number of halogens is 3. The maximum atomic E-state index is 12.9. The molecule has 1 aliphatic rings. The van der Waals surface area contributed by atoms with Gasteiger partial charge in [-0.3, -0.25) is 19.3 Å². The average molecular weight is 598 g/mol. The highest BCUT2D eigenvalue weighted by atomic mass is 35.5. The summed E-state index contributed by atoms with van der Waals surface area (Å²) in [6.45, 7) is -0.190. The highest BCUT2D eigenvalue weighted by molar-refractivity contribution is 8.18.